The Labute approximate surface area is 130 Å². The molecule has 1 aromatic carbocycles. The lowest BCUT2D eigenvalue weighted by Crippen LogP contribution is -1.93. The van der Waals surface area contributed by atoms with Crippen LogP contribution in [0.2, 0.25) is 5.02 Å². The lowest BCUT2D eigenvalue weighted by atomic mass is 10.2. The third-order valence-corrected chi connectivity index (χ3v) is 4.17. The Kier molecular flexibility index (Phi) is 3.94. The summed E-state index contributed by atoms with van der Waals surface area (Å²) in [6.45, 7) is 1.90. The highest BCUT2D eigenvalue weighted by Gasteiger charge is 2.12. The molecule has 0 saturated carbocycles. The van der Waals surface area contributed by atoms with Gasteiger partial charge in [-0.05, 0) is 19.1 Å². The quantitative estimate of drug-likeness (QED) is 0.688. The molecule has 0 saturated heterocycles. The summed E-state index contributed by atoms with van der Waals surface area (Å²) in [6.07, 6.45) is 0. The highest BCUT2D eigenvalue weighted by Crippen LogP contribution is 2.23. The van der Waals surface area contributed by atoms with Crippen LogP contribution in [0, 0.1) is 6.92 Å². The van der Waals surface area contributed by atoms with E-state index < -0.39 is 0 Å². The van der Waals surface area contributed by atoms with E-state index in [9.17, 15) is 0 Å². The first-order valence-corrected chi connectivity index (χ1v) is 7.57. The van der Waals surface area contributed by atoms with Crippen molar-refractivity contribution in [2.24, 2.45) is 7.05 Å². The molecule has 0 bridgehead atoms. The Hall–Kier alpha value is -1.86. The highest BCUT2D eigenvalue weighted by molar-refractivity contribution is 7.98. The number of rotatable bonds is 4. The second kappa shape index (κ2) is 5.87. The average molecular weight is 322 g/mol. The van der Waals surface area contributed by atoms with E-state index in [4.69, 9.17) is 16.1 Å². The van der Waals surface area contributed by atoms with Gasteiger partial charge in [-0.15, -0.1) is 10.2 Å². The smallest absolute Gasteiger partial charge is 0.237 e. The molecule has 0 N–H and O–H groups in total. The second-order valence-corrected chi connectivity index (χ2v) is 5.78. The minimum atomic E-state index is 0.530. The van der Waals surface area contributed by atoms with Crippen molar-refractivity contribution in [3.63, 3.8) is 0 Å². The van der Waals surface area contributed by atoms with Gasteiger partial charge >= 0.3 is 0 Å². The molecule has 8 heteroatoms. The van der Waals surface area contributed by atoms with Gasteiger partial charge in [0.25, 0.3) is 0 Å². The van der Waals surface area contributed by atoms with Crippen molar-refractivity contribution < 1.29 is 4.52 Å². The molecule has 2 aromatic heterocycles. The molecular weight excluding hydrogens is 310 g/mol. The summed E-state index contributed by atoms with van der Waals surface area (Å²) >= 11 is 7.45. The Morgan fingerprint density at radius 3 is 2.90 bits per heavy atom. The molecule has 0 aliphatic heterocycles. The molecule has 21 heavy (non-hydrogen) atoms. The molecule has 0 unspecified atom stereocenters. The van der Waals surface area contributed by atoms with E-state index in [0.29, 0.717) is 22.5 Å². The molecule has 108 valence electrons. The predicted octanol–water partition coefficient (Wildman–Crippen LogP) is 3.12. The minimum Gasteiger partial charge on any atom is -0.338 e. The van der Waals surface area contributed by atoms with Crippen LogP contribution in [0.25, 0.3) is 11.4 Å². The summed E-state index contributed by atoms with van der Waals surface area (Å²) in [6, 6.07) is 7.35. The number of halogens is 1. The molecule has 0 aliphatic carbocycles. The summed E-state index contributed by atoms with van der Waals surface area (Å²) < 4.78 is 7.16. The molecule has 3 aromatic rings. The van der Waals surface area contributed by atoms with E-state index in [1.807, 2.05) is 30.7 Å². The summed E-state index contributed by atoms with van der Waals surface area (Å²) in [7, 11) is 1.92. The molecule has 3 rings (SSSR count). The molecule has 0 atom stereocenters. The minimum absolute atomic E-state index is 0.530. The van der Waals surface area contributed by atoms with Crippen molar-refractivity contribution in [3.05, 3.63) is 41.0 Å². The Bertz CT molecular complexity index is 770. The molecule has 0 radical (unpaired) electrons. The average Bonchev–Trinajstić information content (AvgIpc) is 3.06. The van der Waals surface area contributed by atoms with Gasteiger partial charge in [0.2, 0.25) is 11.7 Å². The zero-order valence-electron chi connectivity index (χ0n) is 11.4. The first kappa shape index (κ1) is 14.1. The van der Waals surface area contributed by atoms with Gasteiger partial charge in [-0.1, -0.05) is 40.7 Å². The number of thioether (sulfide) groups is 1. The van der Waals surface area contributed by atoms with Crippen molar-refractivity contribution in [1.82, 2.24) is 24.9 Å². The van der Waals surface area contributed by atoms with E-state index in [2.05, 4.69) is 20.3 Å². The van der Waals surface area contributed by atoms with Crippen LogP contribution in [0.15, 0.2) is 33.9 Å². The number of hydrogen-bond acceptors (Lipinski definition) is 6. The molecule has 0 amide bonds. The molecule has 0 spiro atoms. The van der Waals surface area contributed by atoms with Crippen molar-refractivity contribution in [3.8, 4) is 11.4 Å². The summed E-state index contributed by atoms with van der Waals surface area (Å²) in [5, 5.41) is 13.5. The first-order chi connectivity index (χ1) is 10.1. The van der Waals surface area contributed by atoms with Crippen LogP contribution in [0.4, 0.5) is 0 Å². The standard InChI is InChI=1S/C13H12ClN5OS/c1-8-16-17-13(19(8)2)21-7-11-15-12(18-20-11)9-4-3-5-10(14)6-9/h3-6H,7H2,1-2H3. The molecule has 0 aliphatic rings. The summed E-state index contributed by atoms with van der Waals surface area (Å²) in [4.78, 5) is 4.36. The molecular formula is C13H12ClN5OS. The number of aryl methyl sites for hydroxylation is 1. The van der Waals surface area contributed by atoms with Crippen molar-refractivity contribution >= 4 is 23.4 Å². The summed E-state index contributed by atoms with van der Waals surface area (Å²) in [5.74, 6) is 2.47. The number of aromatic nitrogens is 5. The maximum absolute atomic E-state index is 5.95. The third kappa shape index (κ3) is 3.08. The molecule has 0 fully saturated rings. The van der Waals surface area contributed by atoms with Crippen LogP contribution >= 0.6 is 23.4 Å². The highest BCUT2D eigenvalue weighted by atomic mass is 35.5. The van der Waals surface area contributed by atoms with Crippen molar-refractivity contribution in [2.45, 2.75) is 17.8 Å². The van der Waals surface area contributed by atoms with Gasteiger partial charge in [0.05, 0.1) is 5.75 Å². The maximum Gasteiger partial charge on any atom is 0.237 e. The molecule has 6 nitrogen and oxygen atoms in total. The SMILES string of the molecule is Cc1nnc(SCc2nc(-c3cccc(Cl)c3)no2)n1C. The summed E-state index contributed by atoms with van der Waals surface area (Å²) in [5.41, 5.74) is 0.831. The number of benzene rings is 1. The maximum atomic E-state index is 5.95. The van der Waals surface area contributed by atoms with E-state index in [-0.39, 0.29) is 0 Å². The fraction of sp³-hybridized carbons (Fsp3) is 0.231. The van der Waals surface area contributed by atoms with Crippen molar-refractivity contribution in [2.75, 3.05) is 0 Å². The first-order valence-electron chi connectivity index (χ1n) is 6.21. The number of nitrogens with zero attached hydrogens (tertiary/aromatic N) is 5. The molecule has 2 heterocycles. The fourth-order valence-electron chi connectivity index (χ4n) is 1.70. The normalized spacial score (nSPS) is 11.0. The zero-order valence-corrected chi connectivity index (χ0v) is 13.0. The monoisotopic (exact) mass is 321 g/mol. The van der Waals surface area contributed by atoms with E-state index in [1.165, 1.54) is 11.8 Å². The van der Waals surface area contributed by atoms with Gasteiger partial charge < -0.3 is 9.09 Å². The number of hydrogen-bond donors (Lipinski definition) is 0. The van der Waals surface area contributed by atoms with Crippen LogP contribution in [-0.2, 0) is 12.8 Å². The predicted molar refractivity (Wildman–Crippen MR) is 80.0 cm³/mol. The zero-order chi connectivity index (χ0) is 14.8. The van der Waals surface area contributed by atoms with Gasteiger partial charge in [0.15, 0.2) is 5.16 Å². The lowest BCUT2D eigenvalue weighted by Gasteiger charge is -1.98. The Balaban J connectivity index is 1.72. The van der Waals surface area contributed by atoms with Gasteiger partial charge in [-0.2, -0.15) is 4.98 Å². The van der Waals surface area contributed by atoms with Gasteiger partial charge in [-0.3, -0.25) is 0 Å². The van der Waals surface area contributed by atoms with Crippen LogP contribution in [-0.4, -0.2) is 24.9 Å². The van der Waals surface area contributed by atoms with Crippen LogP contribution in [0.5, 0.6) is 0 Å². The largest absolute Gasteiger partial charge is 0.338 e. The third-order valence-electron chi connectivity index (χ3n) is 2.93. The van der Waals surface area contributed by atoms with E-state index in [0.717, 1.165) is 16.5 Å². The Morgan fingerprint density at radius 2 is 2.19 bits per heavy atom. The second-order valence-electron chi connectivity index (χ2n) is 4.40. The van der Waals surface area contributed by atoms with Gasteiger partial charge in [0.1, 0.15) is 5.82 Å². The topological polar surface area (TPSA) is 69.6 Å². The fourth-order valence-corrected chi connectivity index (χ4v) is 2.68. The van der Waals surface area contributed by atoms with Crippen LogP contribution < -0.4 is 0 Å². The van der Waals surface area contributed by atoms with E-state index in [1.54, 1.807) is 12.1 Å². The lowest BCUT2D eigenvalue weighted by molar-refractivity contribution is 0.391. The Morgan fingerprint density at radius 1 is 1.33 bits per heavy atom. The van der Waals surface area contributed by atoms with E-state index >= 15 is 0 Å². The van der Waals surface area contributed by atoms with Gasteiger partial charge in [0, 0.05) is 17.6 Å². The van der Waals surface area contributed by atoms with Gasteiger partial charge in [-0.25, -0.2) is 0 Å². The van der Waals surface area contributed by atoms with Crippen LogP contribution in [0.1, 0.15) is 11.7 Å². The van der Waals surface area contributed by atoms with Crippen LogP contribution in [0.3, 0.4) is 0 Å². The van der Waals surface area contributed by atoms with Crippen molar-refractivity contribution in [1.29, 1.82) is 0 Å².